The third-order valence-corrected chi connectivity index (χ3v) is 3.67. The largest absolute Gasteiger partial charge is 0.373 e. The van der Waals surface area contributed by atoms with E-state index in [-0.39, 0.29) is 0 Å². The summed E-state index contributed by atoms with van der Waals surface area (Å²) in [5.74, 6) is 0.627. The Morgan fingerprint density at radius 3 is 2.53 bits per heavy atom. The zero-order valence-electron chi connectivity index (χ0n) is 8.66. The minimum atomic E-state index is -0.402. The second kappa shape index (κ2) is 5.55. The normalized spacial score (nSPS) is 14.3. The van der Waals surface area contributed by atoms with Gasteiger partial charge in [-0.25, -0.2) is 0 Å². The number of ether oxygens (including phenoxy) is 1. The smallest absolute Gasteiger partial charge is 0.133 e. The summed E-state index contributed by atoms with van der Waals surface area (Å²) in [5.41, 5.74) is 0.678. The van der Waals surface area contributed by atoms with Crippen LogP contribution in [0.2, 0.25) is 0 Å². The van der Waals surface area contributed by atoms with Gasteiger partial charge in [-0.15, -0.1) is 0 Å². The van der Waals surface area contributed by atoms with Gasteiger partial charge in [0.2, 0.25) is 0 Å². The van der Waals surface area contributed by atoms with E-state index in [9.17, 15) is 0 Å². The molecular formula is C11H12BrNOS. The van der Waals surface area contributed by atoms with Gasteiger partial charge in [-0.1, -0.05) is 28.1 Å². The Balaban J connectivity index is 2.90. The fourth-order valence-corrected chi connectivity index (χ4v) is 2.12. The number of halogens is 1. The molecule has 0 aromatic heterocycles. The predicted octanol–water partition coefficient (Wildman–Crippen LogP) is 3.52. The Morgan fingerprint density at radius 1 is 1.47 bits per heavy atom. The average Bonchev–Trinajstić information content (AvgIpc) is 2.27. The molecule has 4 heteroatoms. The first-order valence-corrected chi connectivity index (χ1v) is 6.22. The van der Waals surface area contributed by atoms with Crippen molar-refractivity contribution in [3.63, 3.8) is 0 Å². The summed E-state index contributed by atoms with van der Waals surface area (Å²) >= 11 is 4.60. The molecule has 1 aromatic rings. The maximum absolute atomic E-state index is 8.57. The second-order valence-corrected chi connectivity index (χ2v) is 5.00. The molecule has 0 radical (unpaired) electrons. The van der Waals surface area contributed by atoms with Crippen molar-refractivity contribution in [1.29, 1.82) is 5.26 Å². The van der Waals surface area contributed by atoms with Crippen molar-refractivity contribution >= 4 is 27.7 Å². The zero-order chi connectivity index (χ0) is 11.3. The number of methoxy groups -OCH3 is 1. The van der Waals surface area contributed by atoms with Gasteiger partial charge in [0.05, 0.1) is 5.60 Å². The molecule has 0 aliphatic carbocycles. The van der Waals surface area contributed by atoms with Gasteiger partial charge in [-0.3, -0.25) is 0 Å². The third-order valence-electron chi connectivity index (χ3n) is 2.32. The molecule has 0 saturated heterocycles. The minimum absolute atomic E-state index is 0.402. The molecular weight excluding hydrogens is 274 g/mol. The number of hydrogen-bond donors (Lipinski definition) is 0. The number of nitrogens with zero attached hydrogens (tertiary/aromatic N) is 1. The molecule has 0 aliphatic heterocycles. The molecule has 1 unspecified atom stereocenters. The van der Waals surface area contributed by atoms with E-state index < -0.39 is 5.60 Å². The van der Waals surface area contributed by atoms with Crippen LogP contribution in [-0.4, -0.2) is 12.9 Å². The number of thiocyanates is 1. The van der Waals surface area contributed by atoms with Crippen LogP contribution in [0.25, 0.3) is 0 Å². The average molecular weight is 286 g/mol. The van der Waals surface area contributed by atoms with E-state index in [0.717, 1.165) is 10.0 Å². The summed E-state index contributed by atoms with van der Waals surface area (Å²) in [7, 11) is 1.67. The van der Waals surface area contributed by atoms with Crippen LogP contribution >= 0.6 is 27.7 Å². The van der Waals surface area contributed by atoms with Crippen LogP contribution in [0.3, 0.4) is 0 Å². The fraction of sp³-hybridized carbons (Fsp3) is 0.364. The molecule has 1 atom stereocenters. The van der Waals surface area contributed by atoms with Gasteiger partial charge in [0.15, 0.2) is 0 Å². The van der Waals surface area contributed by atoms with Crippen LogP contribution in [0.4, 0.5) is 0 Å². The zero-order valence-corrected chi connectivity index (χ0v) is 11.1. The maximum Gasteiger partial charge on any atom is 0.133 e. The van der Waals surface area contributed by atoms with E-state index in [1.807, 2.05) is 31.2 Å². The highest BCUT2D eigenvalue weighted by molar-refractivity contribution is 9.10. The van der Waals surface area contributed by atoms with Gasteiger partial charge < -0.3 is 4.74 Å². The van der Waals surface area contributed by atoms with Crippen molar-refractivity contribution in [3.05, 3.63) is 34.3 Å². The Kier molecular flexibility index (Phi) is 4.65. The summed E-state index contributed by atoms with van der Waals surface area (Å²) in [6.07, 6.45) is 0. The van der Waals surface area contributed by atoms with E-state index in [1.54, 1.807) is 7.11 Å². The quantitative estimate of drug-likeness (QED) is 0.794. The van der Waals surface area contributed by atoms with E-state index in [4.69, 9.17) is 10.00 Å². The molecule has 0 spiro atoms. The van der Waals surface area contributed by atoms with Gasteiger partial charge in [-0.2, -0.15) is 5.26 Å². The molecule has 0 heterocycles. The molecule has 1 rings (SSSR count). The second-order valence-electron chi connectivity index (χ2n) is 3.32. The highest BCUT2D eigenvalue weighted by atomic mass is 79.9. The fourth-order valence-electron chi connectivity index (χ4n) is 1.23. The standard InChI is InChI=1S/C11H12BrNOS/c1-11(14-2,7-15-8-13)9-3-5-10(12)6-4-9/h3-6H,7H2,1-2H3. The van der Waals surface area contributed by atoms with Crippen LogP contribution in [0, 0.1) is 10.7 Å². The van der Waals surface area contributed by atoms with Crippen LogP contribution in [0.15, 0.2) is 28.7 Å². The lowest BCUT2D eigenvalue weighted by atomic mass is 9.98. The number of benzene rings is 1. The highest BCUT2D eigenvalue weighted by Gasteiger charge is 2.26. The number of thioether (sulfide) groups is 1. The topological polar surface area (TPSA) is 33.0 Å². The van der Waals surface area contributed by atoms with E-state index in [1.165, 1.54) is 11.8 Å². The van der Waals surface area contributed by atoms with Crippen LogP contribution in [0.1, 0.15) is 12.5 Å². The summed E-state index contributed by atoms with van der Waals surface area (Å²) in [6, 6.07) is 7.96. The van der Waals surface area contributed by atoms with Crippen molar-refractivity contribution in [3.8, 4) is 5.40 Å². The third kappa shape index (κ3) is 3.23. The van der Waals surface area contributed by atoms with Crippen LogP contribution < -0.4 is 0 Å². The maximum atomic E-state index is 8.57. The predicted molar refractivity (Wildman–Crippen MR) is 66.6 cm³/mol. The van der Waals surface area contributed by atoms with Gasteiger partial charge in [0, 0.05) is 17.3 Å². The first-order valence-electron chi connectivity index (χ1n) is 4.44. The molecule has 0 saturated carbocycles. The highest BCUT2D eigenvalue weighted by Crippen LogP contribution is 2.29. The summed E-state index contributed by atoms with van der Waals surface area (Å²) in [5, 5.41) is 10.6. The van der Waals surface area contributed by atoms with E-state index in [0.29, 0.717) is 5.75 Å². The summed E-state index contributed by atoms with van der Waals surface area (Å²) in [6.45, 7) is 1.99. The van der Waals surface area contributed by atoms with Crippen molar-refractivity contribution in [1.82, 2.24) is 0 Å². The molecule has 15 heavy (non-hydrogen) atoms. The van der Waals surface area contributed by atoms with Crippen LogP contribution in [0.5, 0.6) is 0 Å². The summed E-state index contributed by atoms with van der Waals surface area (Å²) < 4.78 is 6.52. The van der Waals surface area contributed by atoms with Gasteiger partial charge in [-0.05, 0) is 36.4 Å². The Hall–Kier alpha value is -0.500. The number of nitriles is 1. The van der Waals surface area contributed by atoms with Gasteiger partial charge in [0.25, 0.3) is 0 Å². The van der Waals surface area contributed by atoms with Crippen LogP contribution in [-0.2, 0) is 10.3 Å². The molecule has 0 N–H and O–H groups in total. The molecule has 0 fully saturated rings. The molecule has 0 bridgehead atoms. The Morgan fingerprint density at radius 2 is 2.07 bits per heavy atom. The first kappa shape index (κ1) is 12.6. The first-order chi connectivity index (χ1) is 7.12. The lowest BCUT2D eigenvalue weighted by Crippen LogP contribution is -2.27. The molecule has 0 amide bonds. The molecule has 80 valence electrons. The Labute approximate surface area is 103 Å². The molecule has 1 aromatic carbocycles. The number of rotatable bonds is 4. The van der Waals surface area contributed by atoms with Gasteiger partial charge >= 0.3 is 0 Å². The lowest BCUT2D eigenvalue weighted by molar-refractivity contribution is 0.0238. The lowest BCUT2D eigenvalue weighted by Gasteiger charge is -2.27. The molecule has 2 nitrogen and oxygen atoms in total. The van der Waals surface area contributed by atoms with Crippen molar-refractivity contribution in [2.45, 2.75) is 12.5 Å². The minimum Gasteiger partial charge on any atom is -0.373 e. The summed E-state index contributed by atoms with van der Waals surface area (Å²) in [4.78, 5) is 0. The monoisotopic (exact) mass is 285 g/mol. The number of hydrogen-bond acceptors (Lipinski definition) is 3. The van der Waals surface area contributed by atoms with Gasteiger partial charge in [0.1, 0.15) is 5.40 Å². The van der Waals surface area contributed by atoms with Crippen molar-refractivity contribution < 1.29 is 4.74 Å². The van der Waals surface area contributed by atoms with Crippen molar-refractivity contribution in [2.75, 3.05) is 12.9 Å². The van der Waals surface area contributed by atoms with Crippen molar-refractivity contribution in [2.24, 2.45) is 0 Å². The van der Waals surface area contributed by atoms with E-state index in [2.05, 4.69) is 21.3 Å². The Bertz CT molecular complexity index is 360. The molecule has 0 aliphatic rings. The van der Waals surface area contributed by atoms with E-state index >= 15 is 0 Å². The SMILES string of the molecule is COC(C)(CSC#N)c1ccc(Br)cc1.